The zero-order valence-electron chi connectivity index (χ0n) is 10.8. The van der Waals surface area contributed by atoms with Gasteiger partial charge in [0.2, 0.25) is 0 Å². The maximum atomic E-state index is 5.83. The van der Waals surface area contributed by atoms with Crippen molar-refractivity contribution in [3.63, 3.8) is 0 Å². The fraction of sp³-hybridized carbons (Fsp3) is 0.0588. The van der Waals surface area contributed by atoms with Crippen molar-refractivity contribution in [1.82, 2.24) is 0 Å². The summed E-state index contributed by atoms with van der Waals surface area (Å²) in [5.41, 5.74) is 6.99. The highest BCUT2D eigenvalue weighted by atomic mass is 79.9. The highest BCUT2D eigenvalue weighted by molar-refractivity contribution is 9.10. The molecule has 0 amide bonds. The van der Waals surface area contributed by atoms with Crippen LogP contribution in [0.5, 0.6) is 0 Å². The third-order valence-electron chi connectivity index (χ3n) is 3.19. The maximum absolute atomic E-state index is 5.83. The van der Waals surface area contributed by atoms with Crippen LogP contribution < -0.4 is 5.73 Å². The number of fused-ring (bicyclic) bond motifs is 1. The second-order valence-electron chi connectivity index (χ2n) is 4.57. The second kappa shape index (κ2) is 6.00. The van der Waals surface area contributed by atoms with Crippen LogP contribution in [0.1, 0.15) is 5.56 Å². The predicted octanol–water partition coefficient (Wildman–Crippen LogP) is 5.21. The van der Waals surface area contributed by atoms with E-state index in [1.807, 2.05) is 0 Å². The molecule has 0 saturated carbocycles. The minimum atomic E-state index is 0.551. The van der Waals surface area contributed by atoms with Crippen LogP contribution in [0.3, 0.4) is 0 Å². The van der Waals surface area contributed by atoms with E-state index in [9.17, 15) is 0 Å². The van der Waals surface area contributed by atoms with Gasteiger partial charge < -0.3 is 5.73 Å². The lowest BCUT2D eigenvalue weighted by Crippen LogP contribution is -1.98. The van der Waals surface area contributed by atoms with Gasteiger partial charge in [-0.3, -0.25) is 0 Å². The van der Waals surface area contributed by atoms with Gasteiger partial charge in [0.25, 0.3) is 0 Å². The summed E-state index contributed by atoms with van der Waals surface area (Å²) in [5.74, 6) is 0. The molecular formula is C17H14BrNS. The van der Waals surface area contributed by atoms with E-state index in [4.69, 9.17) is 5.73 Å². The van der Waals surface area contributed by atoms with Gasteiger partial charge in [-0.2, -0.15) is 0 Å². The van der Waals surface area contributed by atoms with E-state index in [0.29, 0.717) is 6.54 Å². The smallest absolute Gasteiger partial charge is 0.0189 e. The first kappa shape index (κ1) is 13.7. The lowest BCUT2D eigenvalue weighted by Gasteiger charge is -2.09. The molecule has 0 spiro atoms. The molecule has 0 bridgehead atoms. The van der Waals surface area contributed by atoms with Gasteiger partial charge in [-0.1, -0.05) is 58.0 Å². The van der Waals surface area contributed by atoms with E-state index in [-0.39, 0.29) is 0 Å². The van der Waals surface area contributed by atoms with Crippen LogP contribution in [-0.4, -0.2) is 0 Å². The first-order valence-corrected chi connectivity index (χ1v) is 8.02. The average Bonchev–Trinajstić information content (AvgIpc) is 2.49. The van der Waals surface area contributed by atoms with Crippen molar-refractivity contribution in [2.24, 2.45) is 5.73 Å². The van der Waals surface area contributed by atoms with E-state index in [2.05, 4.69) is 76.6 Å². The Bertz CT molecular complexity index is 755. The van der Waals surface area contributed by atoms with Crippen molar-refractivity contribution >= 4 is 38.5 Å². The molecule has 3 aromatic rings. The normalized spacial score (nSPS) is 10.9. The summed E-state index contributed by atoms with van der Waals surface area (Å²) in [6, 6.07) is 21.2. The highest BCUT2D eigenvalue weighted by Gasteiger charge is 2.05. The topological polar surface area (TPSA) is 26.0 Å². The number of hydrogen-bond acceptors (Lipinski definition) is 2. The van der Waals surface area contributed by atoms with Gasteiger partial charge in [-0.05, 0) is 46.7 Å². The van der Waals surface area contributed by atoms with Crippen LogP contribution >= 0.6 is 27.7 Å². The highest BCUT2D eigenvalue weighted by Crippen LogP contribution is 2.33. The fourth-order valence-corrected chi connectivity index (χ4v) is 3.56. The first-order valence-electron chi connectivity index (χ1n) is 6.41. The molecule has 100 valence electrons. The Hall–Kier alpha value is -1.29. The molecule has 3 rings (SSSR count). The fourth-order valence-electron chi connectivity index (χ4n) is 2.16. The summed E-state index contributed by atoms with van der Waals surface area (Å²) in [6.07, 6.45) is 0. The van der Waals surface area contributed by atoms with Crippen molar-refractivity contribution in [2.45, 2.75) is 16.3 Å². The van der Waals surface area contributed by atoms with Crippen molar-refractivity contribution in [3.05, 3.63) is 70.7 Å². The Morgan fingerprint density at radius 3 is 2.50 bits per heavy atom. The van der Waals surface area contributed by atoms with Crippen molar-refractivity contribution in [1.29, 1.82) is 0 Å². The number of rotatable bonds is 3. The summed E-state index contributed by atoms with van der Waals surface area (Å²) in [7, 11) is 0. The Labute approximate surface area is 131 Å². The minimum Gasteiger partial charge on any atom is -0.326 e. The largest absolute Gasteiger partial charge is 0.326 e. The number of halogens is 1. The third-order valence-corrected chi connectivity index (χ3v) is 4.79. The summed E-state index contributed by atoms with van der Waals surface area (Å²) >= 11 is 5.25. The molecule has 0 aliphatic heterocycles. The lowest BCUT2D eigenvalue weighted by molar-refractivity contribution is 1.02. The van der Waals surface area contributed by atoms with E-state index < -0.39 is 0 Å². The molecule has 3 heteroatoms. The molecule has 0 unspecified atom stereocenters. The van der Waals surface area contributed by atoms with Gasteiger partial charge >= 0.3 is 0 Å². The number of hydrogen-bond donors (Lipinski definition) is 1. The van der Waals surface area contributed by atoms with E-state index in [1.54, 1.807) is 11.8 Å². The van der Waals surface area contributed by atoms with Gasteiger partial charge in [0.15, 0.2) is 0 Å². The Morgan fingerprint density at radius 2 is 1.70 bits per heavy atom. The third kappa shape index (κ3) is 2.90. The van der Waals surface area contributed by atoms with Crippen LogP contribution in [0.15, 0.2) is 74.9 Å². The Balaban J connectivity index is 1.96. The second-order valence-corrected chi connectivity index (χ2v) is 6.60. The minimum absolute atomic E-state index is 0.551. The molecule has 0 heterocycles. The van der Waals surface area contributed by atoms with E-state index in [1.165, 1.54) is 20.6 Å². The average molecular weight is 344 g/mol. The number of nitrogens with two attached hydrogens (primary N) is 1. The molecule has 0 aromatic heterocycles. The molecule has 0 fully saturated rings. The summed E-state index contributed by atoms with van der Waals surface area (Å²) < 4.78 is 1.07. The predicted molar refractivity (Wildman–Crippen MR) is 90.1 cm³/mol. The quantitative estimate of drug-likeness (QED) is 0.706. The standard InChI is InChI=1S/C17H14BrNS/c18-15-6-8-17(14(9-15)11-19)20-16-7-5-12-3-1-2-4-13(12)10-16/h1-10H,11,19H2. The summed E-state index contributed by atoms with van der Waals surface area (Å²) in [6.45, 7) is 0.551. The molecule has 0 radical (unpaired) electrons. The van der Waals surface area contributed by atoms with Crippen LogP contribution in [0.25, 0.3) is 10.8 Å². The zero-order chi connectivity index (χ0) is 13.9. The monoisotopic (exact) mass is 343 g/mol. The van der Waals surface area contributed by atoms with Gasteiger partial charge in [0, 0.05) is 20.8 Å². The summed E-state index contributed by atoms with van der Waals surface area (Å²) in [4.78, 5) is 2.45. The Kier molecular flexibility index (Phi) is 4.10. The van der Waals surface area contributed by atoms with Crippen molar-refractivity contribution < 1.29 is 0 Å². The molecule has 1 nitrogen and oxygen atoms in total. The lowest BCUT2D eigenvalue weighted by atomic mass is 10.1. The van der Waals surface area contributed by atoms with Crippen LogP contribution in [-0.2, 0) is 6.54 Å². The SMILES string of the molecule is NCc1cc(Br)ccc1Sc1ccc2ccccc2c1. The molecule has 3 aromatic carbocycles. The van der Waals surface area contributed by atoms with Crippen LogP contribution in [0.4, 0.5) is 0 Å². The molecule has 2 N–H and O–H groups in total. The van der Waals surface area contributed by atoms with Crippen LogP contribution in [0, 0.1) is 0 Å². The van der Waals surface area contributed by atoms with Gasteiger partial charge in [-0.15, -0.1) is 0 Å². The molecule has 0 saturated heterocycles. The van der Waals surface area contributed by atoms with Crippen LogP contribution in [0.2, 0.25) is 0 Å². The van der Waals surface area contributed by atoms with Crippen molar-refractivity contribution in [3.8, 4) is 0 Å². The first-order chi connectivity index (χ1) is 9.76. The molecular weight excluding hydrogens is 330 g/mol. The Morgan fingerprint density at radius 1 is 0.900 bits per heavy atom. The van der Waals surface area contributed by atoms with Gasteiger partial charge in [0.05, 0.1) is 0 Å². The molecule has 0 atom stereocenters. The summed E-state index contributed by atoms with van der Waals surface area (Å²) in [5, 5.41) is 2.54. The molecule has 0 aliphatic rings. The van der Waals surface area contributed by atoms with Crippen molar-refractivity contribution in [2.75, 3.05) is 0 Å². The maximum Gasteiger partial charge on any atom is 0.0189 e. The zero-order valence-corrected chi connectivity index (χ0v) is 13.2. The van der Waals surface area contributed by atoms with Gasteiger partial charge in [0.1, 0.15) is 0 Å². The number of benzene rings is 3. The van der Waals surface area contributed by atoms with Gasteiger partial charge in [-0.25, -0.2) is 0 Å². The molecule has 0 aliphatic carbocycles. The van der Waals surface area contributed by atoms with E-state index >= 15 is 0 Å². The molecule has 20 heavy (non-hydrogen) atoms. The van der Waals surface area contributed by atoms with E-state index in [0.717, 1.165) is 10.0 Å².